The van der Waals surface area contributed by atoms with Gasteiger partial charge in [0.2, 0.25) is 10.0 Å². The molecule has 0 bridgehead atoms. The van der Waals surface area contributed by atoms with Gasteiger partial charge in [-0.1, -0.05) is 23.8 Å². The lowest BCUT2D eigenvalue weighted by Gasteiger charge is -2.19. The second-order valence-corrected chi connectivity index (χ2v) is 8.66. The first kappa shape index (κ1) is 15.5. The van der Waals surface area contributed by atoms with Gasteiger partial charge in [0.15, 0.2) is 0 Å². The maximum Gasteiger partial charge on any atom is 0.250 e. The molecule has 1 aromatic carbocycles. The predicted molar refractivity (Wildman–Crippen MR) is 91.0 cm³/mol. The standard InChI is InChI=1S/C16H20N2O2S2/c1-13-4-6-15(7-5-13)18-9-8-14(12-18)11-17-22(19,20)16-3-2-10-21-16/h2-7,10,14,17H,8-9,11-12H2,1H3. The number of hydrogen-bond acceptors (Lipinski definition) is 4. The highest BCUT2D eigenvalue weighted by atomic mass is 32.2. The molecule has 118 valence electrons. The Labute approximate surface area is 135 Å². The normalized spacial score (nSPS) is 18.8. The van der Waals surface area contributed by atoms with Crippen molar-refractivity contribution in [3.8, 4) is 0 Å². The highest BCUT2D eigenvalue weighted by molar-refractivity contribution is 7.91. The molecule has 4 nitrogen and oxygen atoms in total. The molecule has 6 heteroatoms. The van der Waals surface area contributed by atoms with Crippen LogP contribution in [0.1, 0.15) is 12.0 Å². The summed E-state index contributed by atoms with van der Waals surface area (Å²) in [6.07, 6.45) is 1.01. The van der Waals surface area contributed by atoms with Crippen LogP contribution in [-0.4, -0.2) is 28.1 Å². The summed E-state index contributed by atoms with van der Waals surface area (Å²) >= 11 is 1.25. The van der Waals surface area contributed by atoms with Crippen molar-refractivity contribution in [1.29, 1.82) is 0 Å². The van der Waals surface area contributed by atoms with Gasteiger partial charge in [-0.25, -0.2) is 13.1 Å². The summed E-state index contributed by atoms with van der Waals surface area (Å²) in [5.41, 5.74) is 2.47. The summed E-state index contributed by atoms with van der Waals surface area (Å²) in [6, 6.07) is 11.9. The average molecular weight is 336 g/mol. The molecule has 2 aromatic rings. The second kappa shape index (κ2) is 6.40. The van der Waals surface area contributed by atoms with Crippen LogP contribution < -0.4 is 9.62 Å². The Kier molecular flexibility index (Phi) is 4.52. The zero-order chi connectivity index (χ0) is 15.6. The third-order valence-corrected chi connectivity index (χ3v) is 6.83. The topological polar surface area (TPSA) is 49.4 Å². The lowest BCUT2D eigenvalue weighted by molar-refractivity contribution is 0.543. The molecule has 0 saturated carbocycles. The van der Waals surface area contributed by atoms with Gasteiger partial charge in [0, 0.05) is 25.3 Å². The van der Waals surface area contributed by atoms with Crippen LogP contribution in [0.15, 0.2) is 46.0 Å². The van der Waals surface area contributed by atoms with Crippen LogP contribution in [-0.2, 0) is 10.0 Å². The first-order chi connectivity index (χ1) is 10.5. The summed E-state index contributed by atoms with van der Waals surface area (Å²) in [5.74, 6) is 0.357. The number of thiophene rings is 1. The van der Waals surface area contributed by atoms with Gasteiger partial charge in [-0.2, -0.15) is 0 Å². The molecule has 0 spiro atoms. The largest absolute Gasteiger partial charge is 0.371 e. The number of anilines is 1. The highest BCUT2D eigenvalue weighted by Gasteiger charge is 2.25. The van der Waals surface area contributed by atoms with Gasteiger partial charge in [-0.05, 0) is 42.8 Å². The van der Waals surface area contributed by atoms with Crippen molar-refractivity contribution in [2.75, 3.05) is 24.5 Å². The quantitative estimate of drug-likeness (QED) is 0.913. The molecule has 0 amide bonds. The van der Waals surface area contributed by atoms with Crippen molar-refractivity contribution >= 4 is 27.0 Å². The Bertz CT molecular complexity index is 709. The number of rotatable bonds is 5. The Balaban J connectivity index is 1.56. The third-order valence-electron chi connectivity index (χ3n) is 4.01. The van der Waals surface area contributed by atoms with Crippen LogP contribution in [0.25, 0.3) is 0 Å². The van der Waals surface area contributed by atoms with Crippen molar-refractivity contribution < 1.29 is 8.42 Å². The van der Waals surface area contributed by atoms with E-state index in [4.69, 9.17) is 0 Å². The fraction of sp³-hybridized carbons (Fsp3) is 0.375. The minimum Gasteiger partial charge on any atom is -0.371 e. The Morgan fingerprint density at radius 2 is 2.05 bits per heavy atom. The summed E-state index contributed by atoms with van der Waals surface area (Å²) in [7, 11) is -3.34. The number of aryl methyl sites for hydroxylation is 1. The van der Waals surface area contributed by atoms with Crippen LogP contribution in [0.3, 0.4) is 0 Å². The Morgan fingerprint density at radius 3 is 2.73 bits per heavy atom. The molecule has 3 rings (SSSR count). The number of nitrogens with one attached hydrogen (secondary N) is 1. The monoisotopic (exact) mass is 336 g/mol. The van der Waals surface area contributed by atoms with E-state index < -0.39 is 10.0 Å². The molecule has 1 aliphatic rings. The molecule has 22 heavy (non-hydrogen) atoms. The van der Waals surface area contributed by atoms with E-state index in [2.05, 4.69) is 40.8 Å². The van der Waals surface area contributed by atoms with Gasteiger partial charge in [0.1, 0.15) is 4.21 Å². The van der Waals surface area contributed by atoms with Crippen LogP contribution in [0.4, 0.5) is 5.69 Å². The van der Waals surface area contributed by atoms with Gasteiger partial charge in [0.25, 0.3) is 0 Å². The van der Waals surface area contributed by atoms with Gasteiger partial charge in [-0.3, -0.25) is 0 Å². The SMILES string of the molecule is Cc1ccc(N2CCC(CNS(=O)(=O)c3cccs3)C2)cc1. The van der Waals surface area contributed by atoms with Crippen molar-refractivity contribution in [3.05, 3.63) is 47.3 Å². The molecular formula is C16H20N2O2S2. The van der Waals surface area contributed by atoms with Crippen molar-refractivity contribution in [2.24, 2.45) is 5.92 Å². The number of benzene rings is 1. The van der Waals surface area contributed by atoms with E-state index in [-0.39, 0.29) is 0 Å². The highest BCUT2D eigenvalue weighted by Crippen LogP contribution is 2.24. The van der Waals surface area contributed by atoms with E-state index in [1.165, 1.54) is 22.6 Å². The van der Waals surface area contributed by atoms with E-state index >= 15 is 0 Å². The van der Waals surface area contributed by atoms with Crippen LogP contribution >= 0.6 is 11.3 Å². The Morgan fingerprint density at radius 1 is 1.27 bits per heavy atom. The average Bonchev–Trinajstić information content (AvgIpc) is 3.18. The number of sulfonamides is 1. The van der Waals surface area contributed by atoms with Crippen LogP contribution in [0.5, 0.6) is 0 Å². The van der Waals surface area contributed by atoms with E-state index in [1.54, 1.807) is 17.5 Å². The fourth-order valence-corrected chi connectivity index (χ4v) is 4.86. The molecule has 1 aliphatic heterocycles. The molecule has 0 aliphatic carbocycles. The summed E-state index contributed by atoms with van der Waals surface area (Å²) in [4.78, 5) is 2.32. The molecule has 1 atom stereocenters. The summed E-state index contributed by atoms with van der Waals surface area (Å²) in [5, 5.41) is 1.78. The lowest BCUT2D eigenvalue weighted by atomic mass is 10.1. The predicted octanol–water partition coefficient (Wildman–Crippen LogP) is 2.86. The third kappa shape index (κ3) is 3.51. The first-order valence-corrected chi connectivity index (χ1v) is 9.76. The van der Waals surface area contributed by atoms with Gasteiger partial charge in [-0.15, -0.1) is 11.3 Å². The molecule has 1 saturated heterocycles. The molecular weight excluding hydrogens is 316 g/mol. The van der Waals surface area contributed by atoms with E-state index in [9.17, 15) is 8.42 Å². The van der Waals surface area contributed by atoms with Crippen molar-refractivity contribution in [3.63, 3.8) is 0 Å². The van der Waals surface area contributed by atoms with E-state index in [0.29, 0.717) is 16.7 Å². The molecule has 1 unspecified atom stereocenters. The maximum absolute atomic E-state index is 12.1. The smallest absolute Gasteiger partial charge is 0.250 e. The van der Waals surface area contributed by atoms with E-state index in [1.807, 2.05) is 0 Å². The number of nitrogens with zero attached hydrogens (tertiary/aromatic N) is 1. The van der Waals surface area contributed by atoms with Crippen molar-refractivity contribution in [1.82, 2.24) is 4.72 Å². The molecule has 2 heterocycles. The molecule has 1 aromatic heterocycles. The summed E-state index contributed by atoms with van der Waals surface area (Å²) < 4.78 is 27.4. The van der Waals surface area contributed by atoms with Crippen LogP contribution in [0, 0.1) is 12.8 Å². The fourth-order valence-electron chi connectivity index (χ4n) is 2.70. The summed E-state index contributed by atoms with van der Waals surface area (Å²) in [6.45, 7) is 4.46. The second-order valence-electron chi connectivity index (χ2n) is 5.72. The van der Waals surface area contributed by atoms with Gasteiger partial charge >= 0.3 is 0 Å². The zero-order valence-electron chi connectivity index (χ0n) is 12.5. The lowest BCUT2D eigenvalue weighted by Crippen LogP contribution is -2.30. The molecule has 1 fully saturated rings. The van der Waals surface area contributed by atoms with Crippen LogP contribution in [0.2, 0.25) is 0 Å². The first-order valence-electron chi connectivity index (χ1n) is 7.39. The minimum absolute atomic E-state index is 0.357. The Hall–Kier alpha value is -1.37. The number of hydrogen-bond donors (Lipinski definition) is 1. The zero-order valence-corrected chi connectivity index (χ0v) is 14.2. The molecule has 0 radical (unpaired) electrons. The molecule has 1 N–H and O–H groups in total. The van der Waals surface area contributed by atoms with Gasteiger partial charge < -0.3 is 4.90 Å². The van der Waals surface area contributed by atoms with E-state index in [0.717, 1.165) is 19.5 Å². The maximum atomic E-state index is 12.1. The van der Waals surface area contributed by atoms with Gasteiger partial charge in [0.05, 0.1) is 0 Å². The minimum atomic E-state index is -3.34. The van der Waals surface area contributed by atoms with Crippen molar-refractivity contribution in [2.45, 2.75) is 17.6 Å².